The standard InChI is InChI=1S/C19H24ClN5O/c1-14-12-17(23-19(22-14)25-10-8-24(2)9-11-25)18(26)21-7-6-15-4-3-5-16(20)13-15/h3-5,12-13H,6-11H2,1-2H3,(H,21,26). The molecule has 1 aromatic heterocycles. The summed E-state index contributed by atoms with van der Waals surface area (Å²) >= 11 is 5.99. The number of amides is 1. The molecule has 2 heterocycles. The Bertz CT molecular complexity index is 774. The molecule has 0 aliphatic carbocycles. The first-order valence-corrected chi connectivity index (χ1v) is 9.21. The number of anilines is 1. The van der Waals surface area contributed by atoms with Gasteiger partial charge in [-0.15, -0.1) is 0 Å². The van der Waals surface area contributed by atoms with Crippen molar-refractivity contribution in [1.29, 1.82) is 0 Å². The third-order valence-electron chi connectivity index (χ3n) is 4.45. The molecule has 1 saturated heterocycles. The van der Waals surface area contributed by atoms with E-state index in [-0.39, 0.29) is 5.91 Å². The second-order valence-corrected chi connectivity index (χ2v) is 7.06. The summed E-state index contributed by atoms with van der Waals surface area (Å²) in [5.41, 5.74) is 2.31. The number of aromatic nitrogens is 2. The lowest BCUT2D eigenvalue weighted by Crippen LogP contribution is -2.45. The third kappa shape index (κ3) is 4.93. The predicted molar refractivity (Wildman–Crippen MR) is 104 cm³/mol. The van der Waals surface area contributed by atoms with E-state index in [1.165, 1.54) is 0 Å². The van der Waals surface area contributed by atoms with Crippen molar-refractivity contribution in [2.45, 2.75) is 13.3 Å². The number of carbonyl (C=O) groups is 1. The molecule has 1 fully saturated rings. The van der Waals surface area contributed by atoms with E-state index >= 15 is 0 Å². The molecule has 1 amide bonds. The van der Waals surface area contributed by atoms with Gasteiger partial charge >= 0.3 is 0 Å². The summed E-state index contributed by atoms with van der Waals surface area (Å²) in [4.78, 5) is 25.9. The highest BCUT2D eigenvalue weighted by molar-refractivity contribution is 6.30. The molecule has 0 atom stereocenters. The van der Waals surface area contributed by atoms with Gasteiger partial charge in [0.1, 0.15) is 5.69 Å². The van der Waals surface area contributed by atoms with Crippen LogP contribution in [0.3, 0.4) is 0 Å². The molecular weight excluding hydrogens is 350 g/mol. The van der Waals surface area contributed by atoms with Crippen molar-refractivity contribution in [3.05, 3.63) is 52.3 Å². The average molecular weight is 374 g/mol. The topological polar surface area (TPSA) is 61.4 Å². The lowest BCUT2D eigenvalue weighted by Gasteiger charge is -2.32. The Morgan fingerprint density at radius 2 is 1.96 bits per heavy atom. The quantitative estimate of drug-likeness (QED) is 0.870. The molecule has 0 spiro atoms. The zero-order valence-electron chi connectivity index (χ0n) is 15.2. The van der Waals surface area contributed by atoms with Crippen LogP contribution in [0.25, 0.3) is 0 Å². The summed E-state index contributed by atoms with van der Waals surface area (Å²) in [6.07, 6.45) is 0.724. The number of nitrogens with zero attached hydrogens (tertiary/aromatic N) is 4. The zero-order valence-corrected chi connectivity index (χ0v) is 16.0. The Labute approximate surface area is 159 Å². The van der Waals surface area contributed by atoms with Crippen molar-refractivity contribution >= 4 is 23.5 Å². The predicted octanol–water partition coefficient (Wildman–Crippen LogP) is 2.16. The van der Waals surface area contributed by atoms with Crippen molar-refractivity contribution in [3.63, 3.8) is 0 Å². The van der Waals surface area contributed by atoms with E-state index in [2.05, 4.69) is 32.1 Å². The van der Waals surface area contributed by atoms with E-state index in [1.54, 1.807) is 6.07 Å². The highest BCUT2D eigenvalue weighted by Crippen LogP contribution is 2.13. The molecule has 138 valence electrons. The molecule has 1 N–H and O–H groups in total. The number of nitrogens with one attached hydrogen (secondary N) is 1. The van der Waals surface area contributed by atoms with Crippen LogP contribution in [0.5, 0.6) is 0 Å². The second-order valence-electron chi connectivity index (χ2n) is 6.62. The maximum absolute atomic E-state index is 12.5. The third-order valence-corrected chi connectivity index (χ3v) is 4.68. The molecule has 0 bridgehead atoms. The molecule has 7 heteroatoms. The van der Waals surface area contributed by atoms with Crippen LogP contribution in [-0.2, 0) is 6.42 Å². The molecule has 6 nitrogen and oxygen atoms in total. The minimum Gasteiger partial charge on any atom is -0.350 e. The summed E-state index contributed by atoms with van der Waals surface area (Å²) in [6, 6.07) is 9.39. The van der Waals surface area contributed by atoms with Crippen LogP contribution in [0, 0.1) is 6.92 Å². The number of hydrogen-bond donors (Lipinski definition) is 1. The van der Waals surface area contributed by atoms with E-state index in [4.69, 9.17) is 11.6 Å². The van der Waals surface area contributed by atoms with Crippen LogP contribution in [-0.4, -0.2) is 60.5 Å². The number of benzene rings is 1. The molecular formula is C19H24ClN5O. The SMILES string of the molecule is Cc1cc(C(=O)NCCc2cccc(Cl)c2)nc(N2CCN(C)CC2)n1. The maximum atomic E-state index is 12.5. The molecule has 1 aliphatic heterocycles. The minimum atomic E-state index is -0.173. The maximum Gasteiger partial charge on any atom is 0.270 e. The molecule has 3 rings (SSSR count). The summed E-state index contributed by atoms with van der Waals surface area (Å²) in [5, 5.41) is 3.64. The fourth-order valence-electron chi connectivity index (χ4n) is 2.92. The number of piperazine rings is 1. The van der Waals surface area contributed by atoms with Gasteiger partial charge in [-0.25, -0.2) is 9.97 Å². The van der Waals surface area contributed by atoms with Gasteiger partial charge in [-0.05, 0) is 44.2 Å². The van der Waals surface area contributed by atoms with Crippen LogP contribution in [0.2, 0.25) is 5.02 Å². The first-order chi connectivity index (χ1) is 12.5. The van der Waals surface area contributed by atoms with Gasteiger partial charge in [-0.3, -0.25) is 4.79 Å². The van der Waals surface area contributed by atoms with Crippen molar-refractivity contribution in [3.8, 4) is 0 Å². The van der Waals surface area contributed by atoms with E-state index in [0.29, 0.717) is 23.2 Å². The average Bonchev–Trinajstić information content (AvgIpc) is 2.62. The molecule has 1 aromatic carbocycles. The van der Waals surface area contributed by atoms with Gasteiger partial charge in [0.05, 0.1) is 0 Å². The zero-order chi connectivity index (χ0) is 18.5. The molecule has 1 aliphatic rings. The highest BCUT2D eigenvalue weighted by atomic mass is 35.5. The minimum absolute atomic E-state index is 0.173. The highest BCUT2D eigenvalue weighted by Gasteiger charge is 2.18. The summed E-state index contributed by atoms with van der Waals surface area (Å²) in [6.45, 7) is 6.11. The van der Waals surface area contributed by atoms with Crippen molar-refractivity contribution in [2.75, 3.05) is 44.7 Å². The fourth-order valence-corrected chi connectivity index (χ4v) is 3.13. The summed E-state index contributed by atoms with van der Waals surface area (Å²) in [5.74, 6) is 0.464. The van der Waals surface area contributed by atoms with Gasteiger partial charge in [0.2, 0.25) is 5.95 Å². The smallest absolute Gasteiger partial charge is 0.270 e. The normalized spacial score (nSPS) is 15.1. The lowest BCUT2D eigenvalue weighted by atomic mass is 10.1. The van der Waals surface area contributed by atoms with Gasteiger partial charge in [0.15, 0.2) is 0 Å². The lowest BCUT2D eigenvalue weighted by molar-refractivity contribution is 0.0949. The van der Waals surface area contributed by atoms with Crippen LogP contribution in [0.15, 0.2) is 30.3 Å². The number of rotatable bonds is 5. The second kappa shape index (κ2) is 8.47. The molecule has 0 radical (unpaired) electrons. The van der Waals surface area contributed by atoms with Crippen LogP contribution in [0.1, 0.15) is 21.7 Å². The van der Waals surface area contributed by atoms with Gasteiger partial charge in [-0.1, -0.05) is 23.7 Å². The van der Waals surface area contributed by atoms with E-state index < -0.39 is 0 Å². The molecule has 0 unspecified atom stereocenters. The van der Waals surface area contributed by atoms with Crippen molar-refractivity contribution < 1.29 is 4.79 Å². The summed E-state index contributed by atoms with van der Waals surface area (Å²) < 4.78 is 0. The number of carbonyl (C=O) groups excluding carboxylic acids is 1. The largest absolute Gasteiger partial charge is 0.350 e. The van der Waals surface area contributed by atoms with Crippen molar-refractivity contribution in [2.24, 2.45) is 0 Å². The van der Waals surface area contributed by atoms with Crippen molar-refractivity contribution in [1.82, 2.24) is 20.2 Å². The van der Waals surface area contributed by atoms with Gasteiger partial charge < -0.3 is 15.1 Å². The number of aryl methyl sites for hydroxylation is 1. The Kier molecular flexibility index (Phi) is 6.06. The molecule has 2 aromatic rings. The first-order valence-electron chi connectivity index (χ1n) is 8.83. The van der Waals surface area contributed by atoms with E-state index in [0.717, 1.165) is 43.9 Å². The molecule has 0 saturated carbocycles. The summed E-state index contributed by atoms with van der Waals surface area (Å²) in [7, 11) is 2.10. The number of likely N-dealkylation sites (N-methyl/N-ethyl adjacent to an activating group) is 1. The van der Waals surface area contributed by atoms with Crippen LogP contribution >= 0.6 is 11.6 Å². The Balaban J connectivity index is 1.61. The molecule has 26 heavy (non-hydrogen) atoms. The fraction of sp³-hybridized carbons (Fsp3) is 0.421. The van der Waals surface area contributed by atoms with Gasteiger partial charge in [-0.2, -0.15) is 0 Å². The number of hydrogen-bond acceptors (Lipinski definition) is 5. The first kappa shape index (κ1) is 18.6. The van der Waals surface area contributed by atoms with E-state index in [9.17, 15) is 4.79 Å². The number of halogens is 1. The van der Waals surface area contributed by atoms with Gasteiger partial charge in [0, 0.05) is 43.4 Å². The van der Waals surface area contributed by atoms with Gasteiger partial charge in [0.25, 0.3) is 5.91 Å². The van der Waals surface area contributed by atoms with Crippen LogP contribution < -0.4 is 10.2 Å². The van der Waals surface area contributed by atoms with Crippen LogP contribution in [0.4, 0.5) is 5.95 Å². The Morgan fingerprint density at radius 3 is 2.69 bits per heavy atom. The van der Waals surface area contributed by atoms with E-state index in [1.807, 2.05) is 31.2 Å². The Morgan fingerprint density at radius 1 is 1.19 bits per heavy atom. The monoisotopic (exact) mass is 373 g/mol. The Hall–Kier alpha value is -2.18.